The molecule has 0 saturated heterocycles. The van der Waals surface area contributed by atoms with Gasteiger partial charge in [-0.2, -0.15) is 0 Å². The van der Waals surface area contributed by atoms with Crippen LogP contribution < -0.4 is 5.32 Å². The second kappa shape index (κ2) is 4.37. The zero-order valence-electron chi connectivity index (χ0n) is 8.67. The number of carbonyl (C=O) groups is 1. The average molecular weight is 243 g/mol. The van der Waals surface area contributed by atoms with Crippen molar-refractivity contribution in [3.8, 4) is 0 Å². The quantitative estimate of drug-likeness (QED) is 0.821. The summed E-state index contributed by atoms with van der Waals surface area (Å²) in [6, 6.07) is 1.37. The van der Waals surface area contributed by atoms with E-state index in [0.717, 1.165) is 19.0 Å². The molecular formula is C11H12ClFN2O. The van der Waals surface area contributed by atoms with Crippen LogP contribution in [0, 0.1) is 11.2 Å². The zero-order chi connectivity index (χ0) is 11.6. The molecule has 0 unspecified atom stereocenters. The number of aromatic nitrogens is 1. The van der Waals surface area contributed by atoms with Gasteiger partial charge in [-0.1, -0.05) is 0 Å². The number of nitrogens with one attached hydrogen (secondary N) is 1. The fourth-order valence-corrected chi connectivity index (χ4v) is 1.82. The number of hydrogen-bond acceptors (Lipinski definition) is 2. The summed E-state index contributed by atoms with van der Waals surface area (Å²) in [6.45, 7) is 0.511. The molecule has 86 valence electrons. The molecular weight excluding hydrogens is 231 g/mol. The van der Waals surface area contributed by atoms with Gasteiger partial charge in [0, 0.05) is 24.0 Å². The van der Waals surface area contributed by atoms with Gasteiger partial charge in [0.15, 0.2) is 5.82 Å². The topological polar surface area (TPSA) is 42.0 Å². The Hall–Kier alpha value is -1.16. The summed E-state index contributed by atoms with van der Waals surface area (Å²) < 4.78 is 13.2. The molecule has 1 fully saturated rings. The van der Waals surface area contributed by atoms with Crippen LogP contribution in [-0.4, -0.2) is 23.3 Å². The van der Waals surface area contributed by atoms with Crippen LogP contribution in [0.15, 0.2) is 18.5 Å². The molecule has 1 aromatic rings. The number of hydrogen-bond donors (Lipinski definition) is 1. The van der Waals surface area contributed by atoms with Gasteiger partial charge in [-0.05, 0) is 18.9 Å². The number of carbonyl (C=O) groups excluding carboxylic acids is 1. The largest absolute Gasteiger partial charge is 0.351 e. The van der Waals surface area contributed by atoms with Gasteiger partial charge in [0.05, 0.1) is 11.8 Å². The van der Waals surface area contributed by atoms with Crippen molar-refractivity contribution in [1.29, 1.82) is 0 Å². The molecule has 3 nitrogen and oxygen atoms in total. The molecule has 0 atom stereocenters. The molecule has 5 heteroatoms. The first-order valence-corrected chi connectivity index (χ1v) is 5.64. The van der Waals surface area contributed by atoms with E-state index >= 15 is 0 Å². The summed E-state index contributed by atoms with van der Waals surface area (Å²) in [5, 5.41) is 2.70. The number of nitrogens with zero attached hydrogens (tertiary/aromatic N) is 1. The van der Waals surface area contributed by atoms with Crippen LogP contribution in [-0.2, 0) is 0 Å². The van der Waals surface area contributed by atoms with Crippen LogP contribution in [0.5, 0.6) is 0 Å². The number of halogens is 2. The van der Waals surface area contributed by atoms with E-state index in [1.165, 1.54) is 12.3 Å². The minimum atomic E-state index is -0.601. The average Bonchev–Trinajstić information content (AvgIpc) is 3.07. The molecule has 0 radical (unpaired) electrons. The normalized spacial score (nSPS) is 16.9. The first-order chi connectivity index (χ1) is 7.67. The maximum Gasteiger partial charge on any atom is 0.254 e. The van der Waals surface area contributed by atoms with Crippen molar-refractivity contribution in [2.75, 3.05) is 12.4 Å². The molecule has 1 aliphatic carbocycles. The molecule has 1 saturated carbocycles. The number of amides is 1. The molecule has 1 aliphatic rings. The monoisotopic (exact) mass is 242 g/mol. The Labute approximate surface area is 98.0 Å². The van der Waals surface area contributed by atoms with Crippen LogP contribution in [0.3, 0.4) is 0 Å². The predicted octanol–water partition coefficient (Wildman–Crippen LogP) is 1.97. The van der Waals surface area contributed by atoms with E-state index in [1.807, 2.05) is 0 Å². The Morgan fingerprint density at radius 1 is 1.62 bits per heavy atom. The maximum absolute atomic E-state index is 13.2. The van der Waals surface area contributed by atoms with Crippen molar-refractivity contribution >= 4 is 17.5 Å². The molecule has 0 aromatic carbocycles. The molecule has 0 spiro atoms. The lowest BCUT2D eigenvalue weighted by atomic mass is 10.1. The highest BCUT2D eigenvalue weighted by molar-refractivity contribution is 6.18. The highest BCUT2D eigenvalue weighted by Crippen LogP contribution is 2.45. The molecule has 0 bridgehead atoms. The smallest absolute Gasteiger partial charge is 0.254 e. The van der Waals surface area contributed by atoms with Crippen molar-refractivity contribution < 1.29 is 9.18 Å². The Bertz CT molecular complexity index is 407. The van der Waals surface area contributed by atoms with Crippen LogP contribution in [0.4, 0.5) is 4.39 Å². The highest BCUT2D eigenvalue weighted by Gasteiger charge is 2.41. The second-order valence-corrected chi connectivity index (χ2v) is 4.44. The van der Waals surface area contributed by atoms with Gasteiger partial charge in [0.1, 0.15) is 0 Å². The van der Waals surface area contributed by atoms with Crippen LogP contribution >= 0.6 is 11.6 Å². The Balaban J connectivity index is 1.96. The van der Waals surface area contributed by atoms with Gasteiger partial charge in [-0.3, -0.25) is 9.78 Å². The van der Waals surface area contributed by atoms with E-state index in [0.29, 0.717) is 12.4 Å². The van der Waals surface area contributed by atoms with E-state index in [1.54, 1.807) is 0 Å². The first-order valence-electron chi connectivity index (χ1n) is 5.11. The minimum Gasteiger partial charge on any atom is -0.351 e. The molecule has 2 rings (SSSR count). The van der Waals surface area contributed by atoms with Crippen molar-refractivity contribution in [2.45, 2.75) is 12.8 Å². The van der Waals surface area contributed by atoms with Gasteiger partial charge in [0.25, 0.3) is 5.91 Å². The summed E-state index contributed by atoms with van der Waals surface area (Å²) in [6.07, 6.45) is 4.47. The van der Waals surface area contributed by atoms with Gasteiger partial charge >= 0.3 is 0 Å². The Kier molecular flexibility index (Phi) is 3.10. The van der Waals surface area contributed by atoms with Crippen molar-refractivity contribution in [1.82, 2.24) is 10.3 Å². The van der Waals surface area contributed by atoms with Crippen molar-refractivity contribution in [3.05, 3.63) is 29.8 Å². The number of alkyl halides is 1. The minimum absolute atomic E-state index is 0.0281. The SMILES string of the molecule is O=C(NCC1(CCl)CC1)c1ccncc1F. The summed E-state index contributed by atoms with van der Waals surface area (Å²) >= 11 is 5.78. The standard InChI is InChI=1S/C11H12ClFN2O/c12-6-11(2-3-11)7-15-10(16)8-1-4-14-5-9(8)13/h1,4-5H,2-3,6-7H2,(H,15,16). The summed E-state index contributed by atoms with van der Waals surface area (Å²) in [5.74, 6) is -0.474. The molecule has 1 N–H and O–H groups in total. The lowest BCUT2D eigenvalue weighted by Gasteiger charge is -2.12. The van der Waals surface area contributed by atoms with E-state index in [9.17, 15) is 9.18 Å². The van der Waals surface area contributed by atoms with Gasteiger partial charge in [-0.25, -0.2) is 4.39 Å². The van der Waals surface area contributed by atoms with Crippen LogP contribution in [0.1, 0.15) is 23.2 Å². The molecule has 0 aliphatic heterocycles. The van der Waals surface area contributed by atoms with E-state index in [4.69, 9.17) is 11.6 Å². The zero-order valence-corrected chi connectivity index (χ0v) is 9.43. The van der Waals surface area contributed by atoms with Gasteiger partial charge in [-0.15, -0.1) is 11.6 Å². The summed E-state index contributed by atoms with van der Waals surface area (Å²) in [7, 11) is 0. The lowest BCUT2D eigenvalue weighted by Crippen LogP contribution is -2.31. The number of pyridine rings is 1. The molecule has 1 amide bonds. The summed E-state index contributed by atoms with van der Waals surface area (Å²) in [4.78, 5) is 15.2. The molecule has 16 heavy (non-hydrogen) atoms. The Morgan fingerprint density at radius 3 is 2.94 bits per heavy atom. The predicted molar refractivity (Wildman–Crippen MR) is 58.9 cm³/mol. The second-order valence-electron chi connectivity index (χ2n) is 4.17. The number of rotatable bonds is 4. The Morgan fingerprint density at radius 2 is 2.38 bits per heavy atom. The van der Waals surface area contributed by atoms with Crippen LogP contribution in [0.2, 0.25) is 0 Å². The lowest BCUT2D eigenvalue weighted by molar-refractivity contribution is 0.0942. The molecule has 1 heterocycles. The van der Waals surface area contributed by atoms with Gasteiger partial charge < -0.3 is 5.32 Å². The third-order valence-corrected chi connectivity index (χ3v) is 3.45. The fourth-order valence-electron chi connectivity index (χ4n) is 1.46. The fraction of sp³-hybridized carbons (Fsp3) is 0.455. The van der Waals surface area contributed by atoms with E-state index < -0.39 is 11.7 Å². The van der Waals surface area contributed by atoms with Crippen LogP contribution in [0.25, 0.3) is 0 Å². The van der Waals surface area contributed by atoms with Crippen molar-refractivity contribution in [3.63, 3.8) is 0 Å². The van der Waals surface area contributed by atoms with Gasteiger partial charge in [0.2, 0.25) is 0 Å². The molecule has 1 aromatic heterocycles. The highest BCUT2D eigenvalue weighted by atomic mass is 35.5. The van der Waals surface area contributed by atoms with E-state index in [2.05, 4.69) is 10.3 Å². The maximum atomic E-state index is 13.2. The summed E-state index contributed by atoms with van der Waals surface area (Å²) in [5.41, 5.74) is 0.0705. The third kappa shape index (κ3) is 2.32. The van der Waals surface area contributed by atoms with E-state index in [-0.39, 0.29) is 11.0 Å². The van der Waals surface area contributed by atoms with Crippen molar-refractivity contribution in [2.24, 2.45) is 5.41 Å². The first kappa shape index (κ1) is 11.3. The third-order valence-electron chi connectivity index (χ3n) is 2.88.